The molecule has 116 valence electrons. The molecular formula is C14H17ClF2N2OS. The Bertz CT molecular complexity index is 496. The van der Waals surface area contributed by atoms with Crippen LogP contribution in [0.15, 0.2) is 18.2 Å². The summed E-state index contributed by atoms with van der Waals surface area (Å²) in [5, 5.41) is 6.89. The van der Waals surface area contributed by atoms with Gasteiger partial charge in [-0.05, 0) is 43.3 Å². The minimum Gasteiger partial charge on any atom is -0.433 e. The van der Waals surface area contributed by atoms with Crippen LogP contribution in [0.25, 0.3) is 0 Å². The molecule has 0 heterocycles. The Morgan fingerprint density at radius 2 is 2.00 bits per heavy atom. The first-order valence-corrected chi connectivity index (χ1v) is 7.65. The van der Waals surface area contributed by atoms with Gasteiger partial charge in [-0.15, -0.1) is 0 Å². The van der Waals surface area contributed by atoms with Crippen LogP contribution in [0.2, 0.25) is 5.02 Å². The largest absolute Gasteiger partial charge is 0.433 e. The second-order valence-corrected chi connectivity index (χ2v) is 5.77. The summed E-state index contributed by atoms with van der Waals surface area (Å²) in [7, 11) is 0. The van der Waals surface area contributed by atoms with Crippen molar-refractivity contribution >= 4 is 34.6 Å². The first kappa shape index (κ1) is 16.2. The van der Waals surface area contributed by atoms with Gasteiger partial charge in [-0.25, -0.2) is 0 Å². The molecule has 3 nitrogen and oxygen atoms in total. The van der Waals surface area contributed by atoms with Gasteiger partial charge in [-0.1, -0.05) is 30.9 Å². The normalized spacial score (nSPS) is 15.8. The Hall–Kier alpha value is -1.14. The lowest BCUT2D eigenvalue weighted by molar-refractivity contribution is -0.0497. The number of thiocarbonyl (C=S) groups is 1. The zero-order valence-corrected chi connectivity index (χ0v) is 12.9. The van der Waals surface area contributed by atoms with Crippen LogP contribution in [0.5, 0.6) is 5.75 Å². The molecule has 1 saturated carbocycles. The van der Waals surface area contributed by atoms with E-state index in [0.717, 1.165) is 12.8 Å². The molecule has 0 bridgehead atoms. The Labute approximate surface area is 133 Å². The second kappa shape index (κ2) is 7.75. The standard InChI is InChI=1S/C14H17ClF2N2OS/c15-11-8-10(6-7-12(11)20-13(16)17)19-14(21)18-9-4-2-1-3-5-9/h6-9,13H,1-5H2,(H2,18,19,21). The summed E-state index contributed by atoms with van der Waals surface area (Å²) >= 11 is 11.1. The number of hydrogen-bond acceptors (Lipinski definition) is 2. The number of anilines is 1. The van der Waals surface area contributed by atoms with Crippen LogP contribution in [0.3, 0.4) is 0 Å². The third-order valence-electron chi connectivity index (χ3n) is 3.35. The quantitative estimate of drug-likeness (QED) is 0.791. The van der Waals surface area contributed by atoms with Gasteiger partial charge in [0, 0.05) is 11.7 Å². The second-order valence-electron chi connectivity index (χ2n) is 4.96. The molecule has 0 radical (unpaired) electrons. The number of nitrogens with one attached hydrogen (secondary N) is 2. The number of rotatable bonds is 4. The van der Waals surface area contributed by atoms with Crippen molar-refractivity contribution in [1.29, 1.82) is 0 Å². The van der Waals surface area contributed by atoms with Crippen LogP contribution in [0.4, 0.5) is 14.5 Å². The summed E-state index contributed by atoms with van der Waals surface area (Å²) in [6.45, 7) is -2.89. The van der Waals surface area contributed by atoms with Crippen molar-refractivity contribution in [3.8, 4) is 5.75 Å². The highest BCUT2D eigenvalue weighted by Gasteiger charge is 2.14. The maximum absolute atomic E-state index is 12.1. The van der Waals surface area contributed by atoms with Gasteiger partial charge in [0.2, 0.25) is 0 Å². The molecule has 1 aliphatic carbocycles. The molecule has 0 saturated heterocycles. The lowest BCUT2D eigenvalue weighted by atomic mass is 9.96. The molecule has 7 heteroatoms. The average Bonchev–Trinajstić information content (AvgIpc) is 2.42. The molecule has 0 amide bonds. The minimum absolute atomic E-state index is 0.0524. The molecule has 0 aliphatic heterocycles. The number of ether oxygens (including phenoxy) is 1. The maximum Gasteiger partial charge on any atom is 0.387 e. The number of benzene rings is 1. The summed E-state index contributed by atoms with van der Waals surface area (Å²) in [6.07, 6.45) is 5.94. The van der Waals surface area contributed by atoms with E-state index in [1.165, 1.54) is 31.4 Å². The zero-order chi connectivity index (χ0) is 15.2. The van der Waals surface area contributed by atoms with E-state index in [2.05, 4.69) is 15.4 Å². The molecule has 1 aliphatic rings. The molecule has 0 aromatic heterocycles. The fourth-order valence-corrected chi connectivity index (χ4v) is 2.88. The molecule has 0 atom stereocenters. The van der Waals surface area contributed by atoms with Crippen LogP contribution in [0.1, 0.15) is 32.1 Å². The van der Waals surface area contributed by atoms with Gasteiger partial charge in [0.15, 0.2) is 5.11 Å². The van der Waals surface area contributed by atoms with Crippen molar-refractivity contribution in [1.82, 2.24) is 5.32 Å². The van der Waals surface area contributed by atoms with E-state index in [1.807, 2.05) is 0 Å². The Kier molecular flexibility index (Phi) is 5.99. The fraction of sp³-hybridized carbons (Fsp3) is 0.500. The van der Waals surface area contributed by atoms with E-state index in [9.17, 15) is 8.78 Å². The number of hydrogen-bond donors (Lipinski definition) is 2. The molecule has 1 fully saturated rings. The van der Waals surface area contributed by atoms with Crippen molar-refractivity contribution in [2.24, 2.45) is 0 Å². The number of halogens is 3. The van der Waals surface area contributed by atoms with Crippen molar-refractivity contribution in [3.63, 3.8) is 0 Å². The SMILES string of the molecule is FC(F)Oc1ccc(NC(=S)NC2CCCCC2)cc1Cl. The van der Waals surface area contributed by atoms with Gasteiger partial charge in [0.05, 0.1) is 5.02 Å². The van der Waals surface area contributed by atoms with Crippen molar-refractivity contribution in [2.75, 3.05) is 5.32 Å². The molecule has 1 aromatic rings. The smallest absolute Gasteiger partial charge is 0.387 e. The molecule has 21 heavy (non-hydrogen) atoms. The topological polar surface area (TPSA) is 33.3 Å². The van der Waals surface area contributed by atoms with Gasteiger partial charge in [0.25, 0.3) is 0 Å². The monoisotopic (exact) mass is 334 g/mol. The Morgan fingerprint density at radius 1 is 1.29 bits per heavy atom. The molecule has 0 unspecified atom stereocenters. The zero-order valence-electron chi connectivity index (χ0n) is 11.4. The predicted octanol–water partition coefficient (Wildman–Crippen LogP) is 4.56. The number of alkyl halides is 2. The minimum atomic E-state index is -2.89. The predicted molar refractivity (Wildman–Crippen MR) is 84.3 cm³/mol. The van der Waals surface area contributed by atoms with Crippen LogP contribution >= 0.6 is 23.8 Å². The lowest BCUT2D eigenvalue weighted by Gasteiger charge is -2.24. The summed E-state index contributed by atoms with van der Waals surface area (Å²) < 4.78 is 28.6. The van der Waals surface area contributed by atoms with Crippen molar-refractivity contribution in [2.45, 2.75) is 44.8 Å². The Balaban J connectivity index is 1.89. The average molecular weight is 335 g/mol. The molecular weight excluding hydrogens is 318 g/mol. The molecule has 2 N–H and O–H groups in total. The van der Waals surface area contributed by atoms with Gasteiger partial charge in [-0.3, -0.25) is 0 Å². The van der Waals surface area contributed by atoms with E-state index >= 15 is 0 Å². The van der Waals surface area contributed by atoms with Gasteiger partial charge >= 0.3 is 6.61 Å². The first-order valence-electron chi connectivity index (χ1n) is 6.86. The summed E-state index contributed by atoms with van der Waals surface area (Å²) in [5.41, 5.74) is 0.634. The highest BCUT2D eigenvalue weighted by atomic mass is 35.5. The van der Waals surface area contributed by atoms with Crippen LogP contribution in [-0.4, -0.2) is 17.8 Å². The van der Waals surface area contributed by atoms with E-state index < -0.39 is 6.61 Å². The summed E-state index contributed by atoms with van der Waals surface area (Å²) in [4.78, 5) is 0. The van der Waals surface area contributed by atoms with Gasteiger partial charge in [0.1, 0.15) is 5.75 Å². The van der Waals surface area contributed by atoms with Crippen LogP contribution in [0, 0.1) is 0 Å². The van der Waals surface area contributed by atoms with Crippen LogP contribution < -0.4 is 15.4 Å². The van der Waals surface area contributed by atoms with Gasteiger partial charge < -0.3 is 15.4 Å². The maximum atomic E-state index is 12.1. The molecule has 1 aromatic carbocycles. The fourth-order valence-electron chi connectivity index (χ4n) is 2.37. The molecule has 2 rings (SSSR count). The first-order chi connectivity index (χ1) is 10.0. The van der Waals surface area contributed by atoms with E-state index in [-0.39, 0.29) is 10.8 Å². The van der Waals surface area contributed by atoms with Crippen LogP contribution in [-0.2, 0) is 0 Å². The van der Waals surface area contributed by atoms with E-state index in [4.69, 9.17) is 23.8 Å². The van der Waals surface area contributed by atoms with Crippen molar-refractivity contribution in [3.05, 3.63) is 23.2 Å². The third kappa shape index (κ3) is 5.28. The summed E-state index contributed by atoms with van der Waals surface area (Å²) in [5.74, 6) is -0.0524. The highest BCUT2D eigenvalue weighted by molar-refractivity contribution is 7.80. The van der Waals surface area contributed by atoms with Crippen molar-refractivity contribution < 1.29 is 13.5 Å². The Morgan fingerprint density at radius 3 is 2.62 bits per heavy atom. The van der Waals surface area contributed by atoms with Gasteiger partial charge in [-0.2, -0.15) is 8.78 Å². The third-order valence-corrected chi connectivity index (χ3v) is 3.86. The van der Waals surface area contributed by atoms with E-state index in [1.54, 1.807) is 6.07 Å². The van der Waals surface area contributed by atoms with E-state index in [0.29, 0.717) is 16.8 Å². The lowest BCUT2D eigenvalue weighted by Crippen LogP contribution is -2.38. The summed E-state index contributed by atoms with van der Waals surface area (Å²) in [6, 6.07) is 4.89. The molecule has 0 spiro atoms. The highest BCUT2D eigenvalue weighted by Crippen LogP contribution is 2.29.